The number of carbonyl (C=O) groups is 1. The Morgan fingerprint density at radius 3 is 2.61 bits per heavy atom. The van der Waals surface area contributed by atoms with Crippen LogP contribution in [0.25, 0.3) is 10.9 Å². The fourth-order valence-electron chi connectivity index (χ4n) is 3.99. The number of aromatic nitrogens is 1. The van der Waals surface area contributed by atoms with Gasteiger partial charge in [-0.2, -0.15) is 0 Å². The summed E-state index contributed by atoms with van der Waals surface area (Å²) in [7, 11) is 1.67. The average molecular weight is 409 g/mol. The summed E-state index contributed by atoms with van der Waals surface area (Å²) < 4.78 is 5.35. The van der Waals surface area contributed by atoms with Crippen molar-refractivity contribution in [2.75, 3.05) is 18.6 Å². The number of nitrogens with one attached hydrogen (secondary N) is 1. The molecule has 0 unspecified atom stereocenters. The van der Waals surface area contributed by atoms with E-state index in [-0.39, 0.29) is 5.91 Å². The number of anilines is 2. The van der Waals surface area contributed by atoms with Gasteiger partial charge in [-0.15, -0.1) is 0 Å². The van der Waals surface area contributed by atoms with Crippen molar-refractivity contribution in [2.24, 2.45) is 0 Å². The third kappa shape index (κ3) is 3.82. The third-order valence-electron chi connectivity index (χ3n) is 5.68. The van der Waals surface area contributed by atoms with Gasteiger partial charge >= 0.3 is 0 Å². The van der Waals surface area contributed by atoms with E-state index >= 15 is 0 Å². The van der Waals surface area contributed by atoms with Crippen molar-refractivity contribution in [3.8, 4) is 5.75 Å². The summed E-state index contributed by atoms with van der Waals surface area (Å²) >= 11 is 0. The maximum absolute atomic E-state index is 12.5. The first-order valence-corrected chi connectivity index (χ1v) is 10.4. The molecule has 0 atom stereocenters. The van der Waals surface area contributed by atoms with Crippen molar-refractivity contribution in [2.45, 2.75) is 13.0 Å². The molecule has 154 valence electrons. The molecule has 1 amide bonds. The van der Waals surface area contributed by atoms with Crippen LogP contribution in [0.15, 0.2) is 78.9 Å². The third-order valence-corrected chi connectivity index (χ3v) is 5.68. The maximum atomic E-state index is 12.5. The number of pyridine rings is 1. The summed E-state index contributed by atoms with van der Waals surface area (Å²) in [5, 5.41) is 4.09. The monoisotopic (exact) mass is 409 g/mol. The minimum Gasteiger partial charge on any atom is -0.497 e. The van der Waals surface area contributed by atoms with Gasteiger partial charge in [0.2, 0.25) is 0 Å². The molecule has 0 spiro atoms. The van der Waals surface area contributed by atoms with Crippen LogP contribution in [0.1, 0.15) is 21.5 Å². The van der Waals surface area contributed by atoms with E-state index in [9.17, 15) is 4.79 Å². The summed E-state index contributed by atoms with van der Waals surface area (Å²) in [4.78, 5) is 19.6. The van der Waals surface area contributed by atoms with Crippen molar-refractivity contribution in [1.82, 2.24) is 10.3 Å². The zero-order valence-corrected chi connectivity index (χ0v) is 17.3. The number of methoxy groups -OCH3 is 1. The van der Waals surface area contributed by atoms with Gasteiger partial charge in [0.15, 0.2) is 0 Å². The molecule has 3 aromatic carbocycles. The van der Waals surface area contributed by atoms with Gasteiger partial charge in [0.05, 0.1) is 12.6 Å². The molecule has 5 heteroatoms. The van der Waals surface area contributed by atoms with Crippen LogP contribution in [0.2, 0.25) is 0 Å². The lowest BCUT2D eigenvalue weighted by Crippen LogP contribution is -2.23. The second kappa shape index (κ2) is 8.11. The first kappa shape index (κ1) is 19.1. The predicted octanol–water partition coefficient (Wildman–Crippen LogP) is 4.87. The van der Waals surface area contributed by atoms with E-state index in [0.717, 1.165) is 46.7 Å². The zero-order chi connectivity index (χ0) is 21.2. The molecule has 5 rings (SSSR count). The normalized spacial score (nSPS) is 12.6. The molecule has 1 N–H and O–H groups in total. The summed E-state index contributed by atoms with van der Waals surface area (Å²) in [6, 6.07) is 25.8. The number of amides is 1. The number of nitrogens with zero attached hydrogens (tertiary/aromatic N) is 2. The van der Waals surface area contributed by atoms with Gasteiger partial charge < -0.3 is 15.0 Å². The second-order valence-electron chi connectivity index (χ2n) is 7.65. The average Bonchev–Trinajstić information content (AvgIpc) is 3.24. The lowest BCUT2D eigenvalue weighted by atomic mass is 10.1. The summed E-state index contributed by atoms with van der Waals surface area (Å²) in [5.41, 5.74) is 4.92. The molecule has 5 nitrogen and oxygen atoms in total. The van der Waals surface area contributed by atoms with Crippen molar-refractivity contribution >= 4 is 28.3 Å². The number of rotatable bonds is 5. The summed E-state index contributed by atoms with van der Waals surface area (Å²) in [5.74, 6) is 1.70. The SMILES string of the molecule is COc1ccc2cc3c(nc2c1)N(c1ccc(C(=O)NCc2ccccc2)cc1)CC3. The Bertz CT molecular complexity index is 1240. The van der Waals surface area contributed by atoms with E-state index in [2.05, 4.69) is 16.3 Å². The van der Waals surface area contributed by atoms with E-state index in [4.69, 9.17) is 9.72 Å². The van der Waals surface area contributed by atoms with Crippen LogP contribution < -0.4 is 15.0 Å². The van der Waals surface area contributed by atoms with Crippen LogP contribution in [-0.2, 0) is 13.0 Å². The summed E-state index contributed by atoms with van der Waals surface area (Å²) in [6.07, 6.45) is 0.948. The molecule has 0 saturated heterocycles. The fourth-order valence-corrected chi connectivity index (χ4v) is 3.99. The van der Waals surface area contributed by atoms with E-state index < -0.39 is 0 Å². The number of ether oxygens (including phenoxy) is 1. The van der Waals surface area contributed by atoms with Crippen molar-refractivity contribution in [1.29, 1.82) is 0 Å². The van der Waals surface area contributed by atoms with Crippen LogP contribution in [0.3, 0.4) is 0 Å². The minimum absolute atomic E-state index is 0.0755. The molecular formula is C26H23N3O2. The molecule has 0 aliphatic carbocycles. The number of fused-ring (bicyclic) bond motifs is 2. The van der Waals surface area contributed by atoms with Crippen LogP contribution in [0.4, 0.5) is 11.5 Å². The highest BCUT2D eigenvalue weighted by atomic mass is 16.5. The molecule has 0 fully saturated rings. The molecule has 1 aliphatic rings. The molecule has 0 bridgehead atoms. The van der Waals surface area contributed by atoms with Crippen molar-refractivity contribution in [3.05, 3.63) is 95.6 Å². The largest absolute Gasteiger partial charge is 0.497 e. The molecule has 2 heterocycles. The Hall–Kier alpha value is -3.86. The van der Waals surface area contributed by atoms with E-state index in [1.807, 2.05) is 72.8 Å². The second-order valence-corrected chi connectivity index (χ2v) is 7.65. The maximum Gasteiger partial charge on any atom is 0.251 e. The molecule has 1 aromatic heterocycles. The molecule has 0 saturated carbocycles. The van der Waals surface area contributed by atoms with Gasteiger partial charge in [0.1, 0.15) is 11.6 Å². The van der Waals surface area contributed by atoms with Gasteiger partial charge in [0.25, 0.3) is 5.91 Å². The molecule has 4 aromatic rings. The van der Waals surface area contributed by atoms with Crippen LogP contribution in [0, 0.1) is 0 Å². The Kier molecular flexibility index (Phi) is 5.00. The standard InChI is InChI=1S/C26H23N3O2/c1-31-23-12-9-20-15-21-13-14-29(25(21)28-24(20)16-23)22-10-7-19(8-11-22)26(30)27-17-18-5-3-2-4-6-18/h2-12,15-16H,13-14,17H2,1H3,(H,27,30). The van der Waals surface area contributed by atoms with Crippen molar-refractivity contribution in [3.63, 3.8) is 0 Å². The Morgan fingerprint density at radius 1 is 1.03 bits per heavy atom. The number of hydrogen-bond donors (Lipinski definition) is 1. The first-order valence-electron chi connectivity index (χ1n) is 10.4. The first-order chi connectivity index (χ1) is 15.2. The van der Waals surface area contributed by atoms with Crippen LogP contribution in [0.5, 0.6) is 5.75 Å². The molecule has 1 aliphatic heterocycles. The van der Waals surface area contributed by atoms with Gasteiger partial charge in [-0.25, -0.2) is 4.98 Å². The Balaban J connectivity index is 1.35. The zero-order valence-electron chi connectivity index (χ0n) is 17.3. The molecular weight excluding hydrogens is 386 g/mol. The highest BCUT2D eigenvalue weighted by Crippen LogP contribution is 2.35. The fraction of sp³-hybridized carbons (Fsp3) is 0.154. The highest BCUT2D eigenvalue weighted by molar-refractivity contribution is 5.94. The van der Waals surface area contributed by atoms with E-state index in [0.29, 0.717) is 12.1 Å². The molecule has 31 heavy (non-hydrogen) atoms. The van der Waals surface area contributed by atoms with E-state index in [1.54, 1.807) is 7.11 Å². The number of carbonyl (C=O) groups excluding carboxylic acids is 1. The van der Waals surface area contributed by atoms with Gasteiger partial charge in [-0.3, -0.25) is 4.79 Å². The van der Waals surface area contributed by atoms with Crippen molar-refractivity contribution < 1.29 is 9.53 Å². The van der Waals surface area contributed by atoms with Crippen LogP contribution >= 0.6 is 0 Å². The van der Waals surface area contributed by atoms with Gasteiger partial charge in [0, 0.05) is 35.8 Å². The topological polar surface area (TPSA) is 54.5 Å². The number of benzene rings is 3. The smallest absolute Gasteiger partial charge is 0.251 e. The minimum atomic E-state index is -0.0755. The summed E-state index contributed by atoms with van der Waals surface area (Å²) in [6.45, 7) is 1.39. The van der Waals surface area contributed by atoms with Gasteiger partial charge in [-0.05, 0) is 60.0 Å². The van der Waals surface area contributed by atoms with E-state index in [1.165, 1.54) is 5.56 Å². The quantitative estimate of drug-likeness (QED) is 0.511. The lowest BCUT2D eigenvalue weighted by Gasteiger charge is -2.19. The Labute approximate surface area is 181 Å². The highest BCUT2D eigenvalue weighted by Gasteiger charge is 2.23. The molecule has 0 radical (unpaired) electrons. The van der Waals surface area contributed by atoms with Gasteiger partial charge in [-0.1, -0.05) is 30.3 Å². The lowest BCUT2D eigenvalue weighted by molar-refractivity contribution is 0.0951. The predicted molar refractivity (Wildman–Crippen MR) is 123 cm³/mol. The Morgan fingerprint density at radius 2 is 1.84 bits per heavy atom. The van der Waals surface area contributed by atoms with Crippen LogP contribution in [-0.4, -0.2) is 24.5 Å². The number of hydrogen-bond acceptors (Lipinski definition) is 4.